The number of hydrogen-bond acceptors (Lipinski definition) is 6. The molecule has 0 aliphatic heterocycles. The summed E-state index contributed by atoms with van der Waals surface area (Å²) in [6, 6.07) is 18.7. The average Bonchev–Trinajstić information content (AvgIpc) is 2.95. The minimum atomic E-state index is -0.450. The van der Waals surface area contributed by atoms with Crippen LogP contribution in [-0.4, -0.2) is 31.1 Å². The molecule has 0 aliphatic carbocycles. The molecule has 3 aromatic rings. The lowest BCUT2D eigenvalue weighted by Crippen LogP contribution is -2.16. The number of rotatable bonds is 12. The maximum atomic E-state index is 12.9. The van der Waals surface area contributed by atoms with Gasteiger partial charge in [-0.1, -0.05) is 68.5 Å². The summed E-state index contributed by atoms with van der Waals surface area (Å²) < 4.78 is 16.4. The van der Waals surface area contributed by atoms with Crippen molar-refractivity contribution >= 4 is 23.9 Å². The summed E-state index contributed by atoms with van der Waals surface area (Å²) in [4.78, 5) is 25.1. The van der Waals surface area contributed by atoms with Crippen LogP contribution in [0.5, 0.6) is 17.2 Å². The lowest BCUT2D eigenvalue weighted by atomic mass is 9.97. The van der Waals surface area contributed by atoms with Crippen LogP contribution >= 0.6 is 0 Å². The van der Waals surface area contributed by atoms with Crippen LogP contribution in [0.25, 0.3) is 12.2 Å². The van der Waals surface area contributed by atoms with E-state index in [9.17, 15) is 14.7 Å². The van der Waals surface area contributed by atoms with Crippen molar-refractivity contribution in [3.05, 3.63) is 112 Å². The fourth-order valence-corrected chi connectivity index (χ4v) is 4.16. The SMILES string of the molecule is COc1cc(/C=C/C(=O)C=C(O)/C=C/c2ccc(OC(=O)[C@H](C)c3ccc(CC(C)C)cc3)c(OC)c2)ccc1C. The predicted octanol–water partition coefficient (Wildman–Crippen LogP) is 7.66. The molecular weight excluding hydrogens is 516 g/mol. The van der Waals surface area contributed by atoms with E-state index in [1.807, 2.05) is 44.2 Å². The Labute approximate surface area is 242 Å². The number of methoxy groups -OCH3 is 2. The largest absolute Gasteiger partial charge is 0.508 e. The van der Waals surface area contributed by atoms with Crippen molar-refractivity contribution in [1.82, 2.24) is 0 Å². The highest BCUT2D eigenvalue weighted by atomic mass is 16.6. The molecule has 3 aromatic carbocycles. The van der Waals surface area contributed by atoms with Crippen molar-refractivity contribution in [3.63, 3.8) is 0 Å². The third kappa shape index (κ3) is 9.24. The Balaban J connectivity index is 1.63. The number of hydrogen-bond donors (Lipinski definition) is 1. The van der Waals surface area contributed by atoms with E-state index < -0.39 is 5.92 Å². The van der Waals surface area contributed by atoms with Gasteiger partial charge in [0.25, 0.3) is 0 Å². The van der Waals surface area contributed by atoms with Crippen LogP contribution in [0.3, 0.4) is 0 Å². The van der Waals surface area contributed by atoms with Gasteiger partial charge < -0.3 is 19.3 Å². The summed E-state index contributed by atoms with van der Waals surface area (Å²) in [6.45, 7) is 8.10. The number of ether oxygens (including phenoxy) is 3. The van der Waals surface area contributed by atoms with Gasteiger partial charge in [0.1, 0.15) is 11.5 Å². The van der Waals surface area contributed by atoms with Gasteiger partial charge in [-0.15, -0.1) is 0 Å². The molecule has 0 amide bonds. The van der Waals surface area contributed by atoms with Gasteiger partial charge in [0.2, 0.25) is 0 Å². The topological polar surface area (TPSA) is 82.1 Å². The Bertz CT molecular complexity index is 1440. The predicted molar refractivity (Wildman–Crippen MR) is 164 cm³/mol. The van der Waals surface area contributed by atoms with Crippen LogP contribution in [0, 0.1) is 12.8 Å². The van der Waals surface area contributed by atoms with Gasteiger partial charge in [0.05, 0.1) is 20.1 Å². The van der Waals surface area contributed by atoms with Gasteiger partial charge in [-0.05, 0) is 84.4 Å². The van der Waals surface area contributed by atoms with Gasteiger partial charge in [-0.2, -0.15) is 0 Å². The van der Waals surface area contributed by atoms with Crippen molar-refractivity contribution < 1.29 is 28.9 Å². The summed E-state index contributed by atoms with van der Waals surface area (Å²) in [5.74, 6) is 0.556. The molecule has 0 spiro atoms. The lowest BCUT2D eigenvalue weighted by molar-refractivity contribution is -0.135. The van der Waals surface area contributed by atoms with Gasteiger partial charge in [0.15, 0.2) is 17.3 Å². The zero-order chi connectivity index (χ0) is 29.9. The lowest BCUT2D eigenvalue weighted by Gasteiger charge is -2.15. The molecule has 3 rings (SSSR count). The molecule has 0 unspecified atom stereocenters. The van der Waals surface area contributed by atoms with Crippen molar-refractivity contribution in [2.24, 2.45) is 5.92 Å². The quantitative estimate of drug-likeness (QED) is 0.0814. The zero-order valence-electron chi connectivity index (χ0n) is 24.5. The normalized spacial score (nSPS) is 12.6. The Morgan fingerprint density at radius 2 is 1.41 bits per heavy atom. The first-order chi connectivity index (χ1) is 19.6. The number of allylic oxidation sites excluding steroid dienone is 3. The molecule has 41 heavy (non-hydrogen) atoms. The minimum absolute atomic E-state index is 0.205. The Hall–Kier alpha value is -4.58. The molecule has 1 atom stereocenters. The van der Waals surface area contributed by atoms with Gasteiger partial charge in [0, 0.05) is 6.08 Å². The second kappa shape index (κ2) is 14.7. The smallest absolute Gasteiger partial charge is 0.318 e. The Morgan fingerprint density at radius 3 is 2.05 bits per heavy atom. The van der Waals surface area contributed by atoms with E-state index in [1.54, 1.807) is 37.5 Å². The first-order valence-corrected chi connectivity index (χ1v) is 13.5. The highest BCUT2D eigenvalue weighted by Crippen LogP contribution is 2.30. The molecular formula is C35H38O6. The van der Waals surface area contributed by atoms with E-state index >= 15 is 0 Å². The average molecular weight is 555 g/mol. The molecule has 0 aromatic heterocycles. The number of aliphatic hydroxyl groups is 1. The van der Waals surface area contributed by atoms with Crippen molar-refractivity contribution in [1.29, 1.82) is 0 Å². The van der Waals surface area contributed by atoms with Gasteiger partial charge in [-0.3, -0.25) is 9.59 Å². The Kier molecular flexibility index (Phi) is 11.1. The van der Waals surface area contributed by atoms with Crippen LogP contribution in [-0.2, 0) is 16.0 Å². The number of carbonyl (C=O) groups excluding carboxylic acids is 2. The third-order valence-corrected chi connectivity index (χ3v) is 6.48. The standard InChI is InChI=1S/C35H38O6/c1-23(2)19-26-9-14-29(15-10-26)25(4)35(38)41-32-18-13-28(21-34(32)40-6)12-17-31(37)22-30(36)16-11-27-8-7-24(3)33(20-27)39-5/h7-18,20-23,25,37H,19H2,1-6H3/b16-11+,17-12+,31-22?/t25-/m1/s1. The molecule has 0 saturated carbocycles. The van der Waals surface area contributed by atoms with Crippen LogP contribution in [0.1, 0.15) is 54.5 Å². The number of aliphatic hydroxyl groups excluding tert-OH is 1. The second-order valence-electron chi connectivity index (χ2n) is 10.3. The van der Waals surface area contributed by atoms with Crippen LogP contribution < -0.4 is 14.2 Å². The molecule has 0 fully saturated rings. The molecule has 1 N–H and O–H groups in total. The number of benzene rings is 3. The fraction of sp³-hybridized carbons (Fsp3) is 0.257. The van der Waals surface area contributed by atoms with Crippen LogP contribution in [0.2, 0.25) is 0 Å². The monoisotopic (exact) mass is 554 g/mol. The van der Waals surface area contributed by atoms with E-state index in [1.165, 1.54) is 24.8 Å². The number of esters is 1. The Morgan fingerprint density at radius 1 is 0.805 bits per heavy atom. The highest BCUT2D eigenvalue weighted by molar-refractivity contribution is 6.02. The molecule has 6 nitrogen and oxygen atoms in total. The first-order valence-electron chi connectivity index (χ1n) is 13.5. The van der Waals surface area contributed by atoms with E-state index in [2.05, 4.69) is 26.0 Å². The maximum absolute atomic E-state index is 12.9. The molecule has 214 valence electrons. The zero-order valence-corrected chi connectivity index (χ0v) is 24.5. The summed E-state index contributed by atoms with van der Waals surface area (Å²) in [5, 5.41) is 10.2. The number of ketones is 1. The highest BCUT2D eigenvalue weighted by Gasteiger charge is 2.19. The molecule has 0 saturated heterocycles. The second-order valence-corrected chi connectivity index (χ2v) is 10.3. The van der Waals surface area contributed by atoms with E-state index in [-0.39, 0.29) is 17.5 Å². The summed E-state index contributed by atoms with van der Waals surface area (Å²) in [7, 11) is 3.09. The van der Waals surface area contributed by atoms with Gasteiger partial charge >= 0.3 is 5.97 Å². The number of carbonyl (C=O) groups is 2. The summed E-state index contributed by atoms with van der Waals surface area (Å²) in [5.41, 5.74) is 4.61. The molecule has 0 heterocycles. The van der Waals surface area contributed by atoms with E-state index in [0.29, 0.717) is 23.0 Å². The third-order valence-electron chi connectivity index (χ3n) is 6.48. The van der Waals surface area contributed by atoms with Crippen molar-refractivity contribution in [2.45, 2.75) is 40.0 Å². The van der Waals surface area contributed by atoms with E-state index in [4.69, 9.17) is 14.2 Å². The number of aryl methyl sites for hydroxylation is 1. The summed E-state index contributed by atoms with van der Waals surface area (Å²) >= 11 is 0. The van der Waals surface area contributed by atoms with Crippen molar-refractivity contribution in [2.75, 3.05) is 14.2 Å². The fourth-order valence-electron chi connectivity index (χ4n) is 4.16. The van der Waals surface area contributed by atoms with Crippen molar-refractivity contribution in [3.8, 4) is 17.2 Å². The molecule has 0 radical (unpaired) electrons. The maximum Gasteiger partial charge on any atom is 0.318 e. The minimum Gasteiger partial charge on any atom is -0.508 e. The molecule has 0 aliphatic rings. The first kappa shape index (κ1) is 31.0. The summed E-state index contributed by atoms with van der Waals surface area (Å²) in [6.07, 6.45) is 8.19. The van der Waals surface area contributed by atoms with Gasteiger partial charge in [-0.25, -0.2) is 0 Å². The van der Waals surface area contributed by atoms with Crippen LogP contribution in [0.15, 0.2) is 84.7 Å². The van der Waals surface area contributed by atoms with E-state index in [0.717, 1.165) is 34.9 Å². The van der Waals surface area contributed by atoms with Crippen LogP contribution in [0.4, 0.5) is 0 Å². The molecule has 0 bridgehead atoms. The molecule has 6 heteroatoms.